The van der Waals surface area contributed by atoms with Gasteiger partial charge in [0, 0.05) is 12.2 Å². The van der Waals surface area contributed by atoms with E-state index in [1.165, 1.54) is 4.90 Å². The van der Waals surface area contributed by atoms with Crippen LogP contribution < -0.4 is 4.90 Å². The van der Waals surface area contributed by atoms with E-state index >= 15 is 0 Å². The Labute approximate surface area is 238 Å². The first-order chi connectivity index (χ1) is 19.0. The second kappa shape index (κ2) is 11.5. The van der Waals surface area contributed by atoms with Crippen molar-refractivity contribution in [2.24, 2.45) is 17.8 Å². The lowest BCUT2D eigenvalue weighted by molar-refractivity contribution is -0.162. The number of likely N-dealkylation sites (tertiary alicyclic amines) is 1. The molecule has 2 amide bonds. The molecule has 0 aromatic heterocycles. The van der Waals surface area contributed by atoms with Gasteiger partial charge in [0.05, 0.1) is 30.8 Å². The number of hydrogen-bond acceptors (Lipinski definition) is 6. The molecule has 40 heavy (non-hydrogen) atoms. The van der Waals surface area contributed by atoms with Gasteiger partial charge < -0.3 is 24.4 Å². The molecule has 1 N–H and O–H groups in total. The van der Waals surface area contributed by atoms with Crippen LogP contribution in [-0.2, 0) is 23.9 Å². The smallest absolute Gasteiger partial charge is 0.312 e. The summed E-state index contributed by atoms with van der Waals surface area (Å²) < 4.78 is 12.5. The number of esters is 1. The molecule has 6 atom stereocenters. The van der Waals surface area contributed by atoms with Crippen LogP contribution >= 0.6 is 0 Å². The average Bonchev–Trinajstić information content (AvgIpc) is 3.53. The SMILES string of the molecule is C=CCCOC(=O)[C@H]1[C@H]2C(=O)N([C@@H](CO)C(C)C)C(C(=O)N(CC=C)c3cc(C)ccc3C)C23CC[C@]1(CC)O3. The lowest BCUT2D eigenvalue weighted by Crippen LogP contribution is -2.60. The molecular formula is C32H44N2O6. The number of benzene rings is 1. The van der Waals surface area contributed by atoms with Gasteiger partial charge in [0.1, 0.15) is 17.6 Å². The molecule has 3 aliphatic heterocycles. The minimum absolute atomic E-state index is 0.136. The fraction of sp³-hybridized carbons (Fsp3) is 0.594. The Hall–Kier alpha value is -2.97. The Balaban J connectivity index is 1.87. The fourth-order valence-electron chi connectivity index (χ4n) is 7.20. The lowest BCUT2D eigenvalue weighted by Gasteiger charge is -2.41. The zero-order chi connectivity index (χ0) is 29.4. The van der Waals surface area contributed by atoms with Crippen molar-refractivity contribution >= 4 is 23.5 Å². The number of nitrogens with zero attached hydrogens (tertiary/aromatic N) is 2. The number of aryl methyl sites for hydroxylation is 2. The maximum absolute atomic E-state index is 14.8. The number of carbonyl (C=O) groups is 3. The molecule has 1 aromatic rings. The lowest BCUT2D eigenvalue weighted by atomic mass is 9.65. The zero-order valence-electron chi connectivity index (χ0n) is 24.5. The molecule has 8 heteroatoms. The van der Waals surface area contributed by atoms with Crippen LogP contribution in [0, 0.1) is 31.6 Å². The Morgan fingerprint density at radius 2 is 1.98 bits per heavy atom. The number of aliphatic hydroxyl groups is 1. The predicted molar refractivity (Wildman–Crippen MR) is 154 cm³/mol. The number of amides is 2. The summed E-state index contributed by atoms with van der Waals surface area (Å²) in [7, 11) is 0. The first kappa shape index (κ1) is 30.0. The molecule has 2 unspecified atom stereocenters. The van der Waals surface area contributed by atoms with Crippen molar-refractivity contribution in [3.8, 4) is 0 Å². The average molecular weight is 553 g/mol. The van der Waals surface area contributed by atoms with Crippen LogP contribution in [0.2, 0.25) is 0 Å². The number of ether oxygens (including phenoxy) is 2. The molecule has 3 fully saturated rings. The normalized spacial score (nSPS) is 29.4. The fourth-order valence-corrected chi connectivity index (χ4v) is 7.20. The molecule has 0 aliphatic carbocycles. The monoisotopic (exact) mass is 552 g/mol. The highest BCUT2D eigenvalue weighted by molar-refractivity contribution is 6.05. The molecule has 3 saturated heterocycles. The van der Waals surface area contributed by atoms with E-state index in [-0.39, 0.29) is 37.5 Å². The first-order valence-corrected chi connectivity index (χ1v) is 14.4. The van der Waals surface area contributed by atoms with Gasteiger partial charge >= 0.3 is 5.97 Å². The van der Waals surface area contributed by atoms with E-state index in [1.54, 1.807) is 17.1 Å². The predicted octanol–water partition coefficient (Wildman–Crippen LogP) is 4.11. The van der Waals surface area contributed by atoms with Gasteiger partial charge in [-0.3, -0.25) is 14.4 Å². The van der Waals surface area contributed by atoms with Gasteiger partial charge in [0.15, 0.2) is 0 Å². The number of rotatable bonds is 12. The van der Waals surface area contributed by atoms with E-state index in [2.05, 4.69) is 13.2 Å². The van der Waals surface area contributed by atoms with Crippen molar-refractivity contribution in [2.75, 3.05) is 24.7 Å². The van der Waals surface area contributed by atoms with E-state index in [1.807, 2.05) is 52.8 Å². The number of aliphatic hydroxyl groups excluding tert-OH is 1. The van der Waals surface area contributed by atoms with Gasteiger partial charge in [-0.2, -0.15) is 0 Å². The molecule has 1 spiro atoms. The molecule has 0 radical (unpaired) electrons. The van der Waals surface area contributed by atoms with E-state index in [9.17, 15) is 19.5 Å². The number of carbonyl (C=O) groups excluding carboxylic acids is 3. The van der Waals surface area contributed by atoms with Crippen LogP contribution in [0.25, 0.3) is 0 Å². The van der Waals surface area contributed by atoms with Crippen LogP contribution in [0.3, 0.4) is 0 Å². The van der Waals surface area contributed by atoms with Crippen LogP contribution in [0.4, 0.5) is 5.69 Å². The second-order valence-corrected chi connectivity index (χ2v) is 11.8. The Bertz CT molecular complexity index is 1180. The Morgan fingerprint density at radius 3 is 2.58 bits per heavy atom. The molecule has 8 nitrogen and oxygen atoms in total. The van der Waals surface area contributed by atoms with E-state index in [0.29, 0.717) is 25.7 Å². The van der Waals surface area contributed by atoms with Gasteiger partial charge in [-0.1, -0.05) is 45.1 Å². The van der Waals surface area contributed by atoms with E-state index in [0.717, 1.165) is 16.8 Å². The second-order valence-electron chi connectivity index (χ2n) is 11.8. The summed E-state index contributed by atoms with van der Waals surface area (Å²) in [6, 6.07) is 4.29. The topological polar surface area (TPSA) is 96.4 Å². The van der Waals surface area contributed by atoms with Gasteiger partial charge in [-0.25, -0.2) is 0 Å². The van der Waals surface area contributed by atoms with Crippen LogP contribution in [0.5, 0.6) is 0 Å². The summed E-state index contributed by atoms with van der Waals surface area (Å²) in [5.41, 5.74) is 0.564. The standard InChI is InChI=1S/C32H44N2O6/c1-8-11-17-39-30(38)26-25-28(36)34(24(19-35)20(4)5)27(32(25)15-14-31(26,10-3)40-32)29(37)33(16-9-2)23-18-21(6)12-13-22(23)7/h8-9,12-13,18,20,24-27,35H,1-2,10-11,14-17,19H2,3-7H3/t24-,25-,26+,27?,31-,32?/m0/s1. The maximum Gasteiger partial charge on any atom is 0.312 e. The summed E-state index contributed by atoms with van der Waals surface area (Å²) >= 11 is 0. The van der Waals surface area contributed by atoms with Crippen LogP contribution in [0.1, 0.15) is 57.6 Å². The summed E-state index contributed by atoms with van der Waals surface area (Å²) in [6.45, 7) is 17.4. The van der Waals surface area contributed by atoms with Crippen molar-refractivity contribution in [1.82, 2.24) is 4.90 Å². The molecule has 4 rings (SSSR count). The maximum atomic E-state index is 14.8. The summed E-state index contributed by atoms with van der Waals surface area (Å²) in [6.07, 6.45) is 5.37. The van der Waals surface area contributed by atoms with E-state index < -0.39 is 41.1 Å². The van der Waals surface area contributed by atoms with Gasteiger partial charge in [0.2, 0.25) is 5.91 Å². The number of anilines is 1. The van der Waals surface area contributed by atoms with Crippen molar-refractivity contribution < 1.29 is 29.0 Å². The number of hydrogen-bond donors (Lipinski definition) is 1. The first-order valence-electron chi connectivity index (χ1n) is 14.4. The van der Waals surface area contributed by atoms with Crippen molar-refractivity contribution in [3.05, 3.63) is 54.6 Å². The highest BCUT2D eigenvalue weighted by atomic mass is 16.6. The summed E-state index contributed by atoms with van der Waals surface area (Å²) in [4.78, 5) is 46.0. The third-order valence-corrected chi connectivity index (χ3v) is 9.22. The van der Waals surface area contributed by atoms with Crippen molar-refractivity contribution in [1.29, 1.82) is 0 Å². The van der Waals surface area contributed by atoms with Crippen LogP contribution in [0.15, 0.2) is 43.5 Å². The quantitative estimate of drug-likeness (QED) is 0.238. The zero-order valence-corrected chi connectivity index (χ0v) is 24.5. The largest absolute Gasteiger partial charge is 0.465 e. The van der Waals surface area contributed by atoms with E-state index in [4.69, 9.17) is 9.47 Å². The Morgan fingerprint density at radius 1 is 1.25 bits per heavy atom. The van der Waals surface area contributed by atoms with Crippen LogP contribution in [-0.4, -0.2) is 70.8 Å². The number of fused-ring (bicyclic) bond motifs is 1. The summed E-state index contributed by atoms with van der Waals surface area (Å²) in [5, 5.41) is 10.5. The molecule has 1 aromatic carbocycles. The molecule has 3 heterocycles. The molecule has 2 bridgehead atoms. The molecule has 3 aliphatic rings. The highest BCUT2D eigenvalue weighted by Crippen LogP contribution is 2.65. The van der Waals surface area contributed by atoms with Crippen molar-refractivity contribution in [3.63, 3.8) is 0 Å². The third kappa shape index (κ3) is 4.59. The van der Waals surface area contributed by atoms with Gasteiger partial charge in [0.25, 0.3) is 5.91 Å². The Kier molecular flexibility index (Phi) is 8.62. The van der Waals surface area contributed by atoms with Gasteiger partial charge in [-0.15, -0.1) is 13.2 Å². The summed E-state index contributed by atoms with van der Waals surface area (Å²) in [5.74, 6) is -2.93. The molecule has 0 saturated carbocycles. The minimum atomic E-state index is -1.20. The molecular weight excluding hydrogens is 508 g/mol. The molecule has 218 valence electrons. The van der Waals surface area contributed by atoms with Crippen molar-refractivity contribution in [2.45, 2.75) is 83.6 Å². The minimum Gasteiger partial charge on any atom is -0.465 e. The van der Waals surface area contributed by atoms with Gasteiger partial charge in [-0.05, 0) is 62.6 Å². The third-order valence-electron chi connectivity index (χ3n) is 9.22. The highest BCUT2D eigenvalue weighted by Gasteiger charge is 2.79.